The summed E-state index contributed by atoms with van der Waals surface area (Å²) in [5.74, 6) is -0.426. The summed E-state index contributed by atoms with van der Waals surface area (Å²) in [6, 6.07) is 6.42. The van der Waals surface area contributed by atoms with Crippen LogP contribution in [0.3, 0.4) is 0 Å². The zero-order valence-corrected chi connectivity index (χ0v) is 22.5. The molecule has 0 radical (unpaired) electrons. The number of fused-ring (bicyclic) bond motifs is 1. The Balaban J connectivity index is 1.43. The van der Waals surface area contributed by atoms with E-state index in [1.807, 2.05) is 52.0 Å². The van der Waals surface area contributed by atoms with Crippen LogP contribution in [0.4, 0.5) is 5.69 Å². The molecule has 4 rings (SSSR count). The number of likely N-dealkylation sites (tertiary alicyclic amines) is 1. The second-order valence-electron chi connectivity index (χ2n) is 11.8. The molecule has 0 aliphatic carbocycles. The number of ether oxygens (including phenoxy) is 1. The van der Waals surface area contributed by atoms with Gasteiger partial charge in [0.05, 0.1) is 6.10 Å². The number of nitrogens with zero attached hydrogens (tertiary/aromatic N) is 3. The Bertz CT molecular complexity index is 949. The molecule has 3 fully saturated rings. The van der Waals surface area contributed by atoms with Gasteiger partial charge >= 0.3 is 0 Å². The number of anilines is 1. The number of carbonyl (C=O) groups excluding carboxylic acids is 3. The quantitative estimate of drug-likeness (QED) is 0.622. The minimum absolute atomic E-state index is 0.0512. The number of amides is 2. The fourth-order valence-electron chi connectivity index (χ4n) is 5.74. The van der Waals surface area contributed by atoms with Crippen LogP contribution in [-0.2, 0) is 14.3 Å². The van der Waals surface area contributed by atoms with Crippen LogP contribution in [0.2, 0.25) is 0 Å². The molecule has 3 aliphatic rings. The highest BCUT2D eigenvalue weighted by atomic mass is 16.5. The molecule has 0 saturated carbocycles. The summed E-state index contributed by atoms with van der Waals surface area (Å²) < 4.78 is 5.65. The number of rotatable bonds is 7. The maximum Gasteiger partial charge on any atom is 0.251 e. The van der Waals surface area contributed by atoms with Crippen LogP contribution in [-0.4, -0.2) is 91.5 Å². The van der Waals surface area contributed by atoms with Gasteiger partial charge in [-0.1, -0.05) is 34.6 Å². The largest absolute Gasteiger partial charge is 0.369 e. The van der Waals surface area contributed by atoms with E-state index in [4.69, 9.17) is 4.74 Å². The van der Waals surface area contributed by atoms with Crippen LogP contribution in [0.5, 0.6) is 0 Å². The van der Waals surface area contributed by atoms with Gasteiger partial charge in [-0.3, -0.25) is 19.3 Å². The van der Waals surface area contributed by atoms with Crippen LogP contribution in [0.15, 0.2) is 24.3 Å². The molecule has 0 spiro atoms. The lowest BCUT2D eigenvalue weighted by atomic mass is 9.87. The molecule has 1 N–H and O–H groups in total. The van der Waals surface area contributed by atoms with Gasteiger partial charge in [0.2, 0.25) is 5.91 Å². The van der Waals surface area contributed by atoms with Gasteiger partial charge in [0, 0.05) is 49.9 Å². The maximum absolute atomic E-state index is 13.7. The van der Waals surface area contributed by atoms with Crippen molar-refractivity contribution < 1.29 is 19.1 Å². The van der Waals surface area contributed by atoms with Crippen molar-refractivity contribution in [2.45, 2.75) is 65.6 Å². The minimum atomic E-state index is -0.705. The molecule has 1 aromatic rings. The molecule has 0 bridgehead atoms. The Kier molecular flexibility index (Phi) is 8.05. The Morgan fingerprint density at radius 2 is 1.78 bits per heavy atom. The molecule has 3 heterocycles. The summed E-state index contributed by atoms with van der Waals surface area (Å²) in [7, 11) is 0. The van der Waals surface area contributed by atoms with Crippen LogP contribution in [0, 0.1) is 11.3 Å². The Labute approximate surface area is 215 Å². The van der Waals surface area contributed by atoms with Gasteiger partial charge in [0.1, 0.15) is 18.7 Å². The van der Waals surface area contributed by atoms with Crippen molar-refractivity contribution in [3.05, 3.63) is 29.8 Å². The lowest BCUT2D eigenvalue weighted by molar-refractivity contribution is -0.138. The molecule has 8 nitrogen and oxygen atoms in total. The molecular formula is C28H42N4O4. The second kappa shape index (κ2) is 10.9. The minimum Gasteiger partial charge on any atom is -0.369 e. The molecule has 0 aromatic heterocycles. The number of piperazine rings is 1. The van der Waals surface area contributed by atoms with Crippen molar-refractivity contribution >= 4 is 23.3 Å². The summed E-state index contributed by atoms with van der Waals surface area (Å²) in [5, 5.41) is 2.99. The first-order valence-electron chi connectivity index (χ1n) is 13.4. The molecule has 3 saturated heterocycles. The number of Topliss-reactive ketones (excluding diaryl/α,β-unsaturated/α-hetero) is 1. The maximum atomic E-state index is 13.7. The Morgan fingerprint density at radius 3 is 2.39 bits per heavy atom. The summed E-state index contributed by atoms with van der Waals surface area (Å²) in [6.45, 7) is 16.1. The van der Waals surface area contributed by atoms with Crippen molar-refractivity contribution in [2.24, 2.45) is 11.3 Å². The molecule has 8 heteroatoms. The first-order chi connectivity index (χ1) is 17.1. The standard InChI is InChI=1S/C28H42N4O4/c1-6-11-30-12-14-31(15-13-30)21-9-7-20(8-10-21)26(34)29-22(16-28(3,4)5)27(35)32-17-19(2)25-24(32)23(33)18-36-25/h7-10,19,22,24-25H,6,11-18H2,1-5H3,(H,29,34)/t19-,22?,24-,25-/m1/s1. The summed E-state index contributed by atoms with van der Waals surface area (Å²) in [6.07, 6.45) is 1.41. The lowest BCUT2D eigenvalue weighted by Gasteiger charge is -2.36. The van der Waals surface area contributed by atoms with E-state index in [2.05, 4.69) is 22.0 Å². The van der Waals surface area contributed by atoms with Gasteiger partial charge in [0.15, 0.2) is 5.78 Å². The van der Waals surface area contributed by atoms with Crippen molar-refractivity contribution in [3.63, 3.8) is 0 Å². The van der Waals surface area contributed by atoms with E-state index in [0.717, 1.165) is 38.4 Å². The number of nitrogens with one attached hydrogen (secondary N) is 1. The number of hydrogen-bond donors (Lipinski definition) is 1. The van der Waals surface area contributed by atoms with E-state index in [1.165, 1.54) is 6.42 Å². The van der Waals surface area contributed by atoms with E-state index >= 15 is 0 Å². The average Bonchev–Trinajstić information content (AvgIpc) is 3.38. The van der Waals surface area contributed by atoms with Crippen molar-refractivity contribution in [1.82, 2.24) is 15.1 Å². The van der Waals surface area contributed by atoms with E-state index in [9.17, 15) is 14.4 Å². The fourth-order valence-corrected chi connectivity index (χ4v) is 5.74. The number of benzene rings is 1. The van der Waals surface area contributed by atoms with Crippen LogP contribution in [0.25, 0.3) is 0 Å². The highest BCUT2D eigenvalue weighted by Crippen LogP contribution is 2.33. The van der Waals surface area contributed by atoms with Gasteiger partial charge in [-0.05, 0) is 49.1 Å². The van der Waals surface area contributed by atoms with Gasteiger partial charge in [-0.15, -0.1) is 0 Å². The predicted octanol–water partition coefficient (Wildman–Crippen LogP) is 2.57. The van der Waals surface area contributed by atoms with Crippen LogP contribution >= 0.6 is 0 Å². The number of hydrogen-bond acceptors (Lipinski definition) is 6. The third-order valence-corrected chi connectivity index (χ3v) is 7.55. The summed E-state index contributed by atoms with van der Waals surface area (Å²) in [4.78, 5) is 45.8. The van der Waals surface area contributed by atoms with Crippen molar-refractivity contribution in [2.75, 3.05) is 50.8 Å². The molecule has 3 aliphatic heterocycles. The fraction of sp³-hybridized carbons (Fsp3) is 0.679. The Hall–Kier alpha value is -2.45. The van der Waals surface area contributed by atoms with Gasteiger partial charge < -0.3 is 19.9 Å². The molecule has 36 heavy (non-hydrogen) atoms. The van der Waals surface area contributed by atoms with Crippen molar-refractivity contribution in [3.8, 4) is 0 Å². The van der Waals surface area contributed by atoms with Crippen LogP contribution < -0.4 is 10.2 Å². The van der Waals surface area contributed by atoms with E-state index < -0.39 is 12.1 Å². The highest BCUT2D eigenvalue weighted by molar-refractivity contribution is 5.99. The molecule has 4 atom stereocenters. The second-order valence-corrected chi connectivity index (χ2v) is 11.8. The third kappa shape index (κ3) is 5.92. The van der Waals surface area contributed by atoms with E-state index in [1.54, 1.807) is 4.90 Å². The SMILES string of the molecule is CCCN1CCN(c2ccc(C(=O)NC(CC(C)(C)C)C(=O)N3C[C@@H](C)[C@H]4OCC(=O)[C@H]43)cc2)CC1. The van der Waals surface area contributed by atoms with Crippen LogP contribution in [0.1, 0.15) is 57.8 Å². The smallest absolute Gasteiger partial charge is 0.251 e. The summed E-state index contributed by atoms with van der Waals surface area (Å²) in [5.41, 5.74) is 1.46. The lowest BCUT2D eigenvalue weighted by Crippen LogP contribution is -2.53. The zero-order valence-electron chi connectivity index (χ0n) is 22.5. The molecule has 2 amide bonds. The average molecular weight is 499 g/mol. The Morgan fingerprint density at radius 1 is 1.11 bits per heavy atom. The normalized spacial score (nSPS) is 25.7. The van der Waals surface area contributed by atoms with Gasteiger partial charge in [-0.2, -0.15) is 0 Å². The summed E-state index contributed by atoms with van der Waals surface area (Å²) >= 11 is 0. The third-order valence-electron chi connectivity index (χ3n) is 7.55. The molecular weight excluding hydrogens is 456 g/mol. The monoisotopic (exact) mass is 498 g/mol. The molecule has 1 aromatic carbocycles. The predicted molar refractivity (Wildman–Crippen MR) is 140 cm³/mol. The van der Waals surface area contributed by atoms with E-state index in [0.29, 0.717) is 18.5 Å². The number of carbonyl (C=O) groups is 3. The van der Waals surface area contributed by atoms with Crippen molar-refractivity contribution in [1.29, 1.82) is 0 Å². The van der Waals surface area contributed by atoms with Gasteiger partial charge in [0.25, 0.3) is 5.91 Å². The number of ketones is 1. The zero-order chi connectivity index (χ0) is 26.0. The molecule has 1 unspecified atom stereocenters. The highest BCUT2D eigenvalue weighted by Gasteiger charge is 2.51. The first-order valence-corrected chi connectivity index (χ1v) is 13.4. The van der Waals surface area contributed by atoms with E-state index in [-0.39, 0.29) is 41.6 Å². The first kappa shape index (κ1) is 26.6. The molecule has 198 valence electrons. The topological polar surface area (TPSA) is 82.2 Å². The van der Waals surface area contributed by atoms with Gasteiger partial charge in [-0.25, -0.2) is 0 Å².